The van der Waals surface area contributed by atoms with Crippen LogP contribution < -0.4 is 0 Å². The van der Waals surface area contributed by atoms with E-state index < -0.39 is 0 Å². The summed E-state index contributed by atoms with van der Waals surface area (Å²) in [5, 5.41) is 4.15. The molecule has 0 aromatic rings. The second-order valence-electron chi connectivity index (χ2n) is 2.55. The maximum absolute atomic E-state index is 4.15. The molecule has 0 N–H and O–H groups in total. The van der Waals surface area contributed by atoms with Gasteiger partial charge < -0.3 is 5.32 Å². The second kappa shape index (κ2) is 4.18. The Hall–Kier alpha value is 0.310. The first-order valence-electron chi connectivity index (χ1n) is 3.57. The highest BCUT2D eigenvalue weighted by Crippen LogP contribution is 2.23. The highest BCUT2D eigenvalue weighted by molar-refractivity contribution is 7.99. The van der Waals surface area contributed by atoms with Gasteiger partial charge in [0.25, 0.3) is 0 Å². The highest BCUT2D eigenvalue weighted by atomic mass is 32.2. The molecule has 1 fully saturated rings. The van der Waals surface area contributed by atoms with Gasteiger partial charge in [0.2, 0.25) is 0 Å². The van der Waals surface area contributed by atoms with Crippen molar-refractivity contribution in [1.82, 2.24) is 0 Å². The molecular formula is C7H14NS-. The zero-order valence-corrected chi connectivity index (χ0v) is 6.78. The molecule has 0 radical (unpaired) electrons. The Bertz CT molecular complexity index is 66.6. The summed E-state index contributed by atoms with van der Waals surface area (Å²) in [6, 6.07) is 0. The van der Waals surface area contributed by atoms with E-state index in [0.717, 1.165) is 12.5 Å². The van der Waals surface area contributed by atoms with Crippen LogP contribution in [0.2, 0.25) is 0 Å². The fourth-order valence-corrected chi connectivity index (χ4v) is 2.39. The minimum absolute atomic E-state index is 0.913. The fraction of sp³-hybridized carbons (Fsp3) is 1.00. The Balaban J connectivity index is 2.08. The van der Waals surface area contributed by atoms with E-state index in [1.165, 1.54) is 24.3 Å². The van der Waals surface area contributed by atoms with Crippen LogP contribution in [0.15, 0.2) is 0 Å². The SMILES string of the molecule is C[N-]CC1CCSCC1. The molecule has 9 heavy (non-hydrogen) atoms. The Morgan fingerprint density at radius 1 is 1.44 bits per heavy atom. The van der Waals surface area contributed by atoms with Crippen molar-refractivity contribution in [2.75, 3.05) is 25.1 Å². The third-order valence-corrected chi connectivity index (χ3v) is 2.83. The number of rotatable bonds is 2. The lowest BCUT2D eigenvalue weighted by Crippen LogP contribution is -2.12. The predicted molar refractivity (Wildman–Crippen MR) is 44.2 cm³/mol. The third kappa shape index (κ3) is 2.59. The number of hydrogen-bond donors (Lipinski definition) is 0. The minimum Gasteiger partial charge on any atom is -0.665 e. The van der Waals surface area contributed by atoms with E-state index in [1.54, 1.807) is 0 Å². The van der Waals surface area contributed by atoms with E-state index >= 15 is 0 Å². The van der Waals surface area contributed by atoms with E-state index in [-0.39, 0.29) is 0 Å². The Kier molecular flexibility index (Phi) is 3.44. The van der Waals surface area contributed by atoms with Gasteiger partial charge in [-0.25, -0.2) is 0 Å². The van der Waals surface area contributed by atoms with Crippen LogP contribution in [0.25, 0.3) is 5.32 Å². The second-order valence-corrected chi connectivity index (χ2v) is 3.78. The molecule has 1 aliphatic rings. The molecule has 1 aliphatic heterocycles. The molecule has 0 amide bonds. The molecule has 0 atom stereocenters. The van der Waals surface area contributed by atoms with Gasteiger partial charge in [-0.05, 0) is 24.3 Å². The van der Waals surface area contributed by atoms with Gasteiger partial charge in [0, 0.05) is 0 Å². The normalized spacial score (nSPS) is 22.3. The first-order chi connectivity index (χ1) is 4.43. The number of nitrogens with zero attached hydrogens (tertiary/aromatic N) is 1. The monoisotopic (exact) mass is 144 g/mol. The number of hydrogen-bond acceptors (Lipinski definition) is 1. The summed E-state index contributed by atoms with van der Waals surface area (Å²) in [6.45, 7) is 1.10. The predicted octanol–water partition coefficient (Wildman–Crippen LogP) is 2.13. The van der Waals surface area contributed by atoms with Crippen LogP contribution in [0.1, 0.15) is 12.8 Å². The van der Waals surface area contributed by atoms with Crippen molar-refractivity contribution < 1.29 is 0 Å². The Morgan fingerprint density at radius 2 is 2.11 bits per heavy atom. The lowest BCUT2D eigenvalue weighted by molar-refractivity contribution is 0.522. The Morgan fingerprint density at radius 3 is 2.67 bits per heavy atom. The summed E-state index contributed by atoms with van der Waals surface area (Å²) < 4.78 is 0. The van der Waals surface area contributed by atoms with Gasteiger partial charge in [0.05, 0.1) is 0 Å². The lowest BCUT2D eigenvalue weighted by Gasteiger charge is -2.26. The summed E-state index contributed by atoms with van der Waals surface area (Å²) in [4.78, 5) is 0. The zero-order valence-electron chi connectivity index (χ0n) is 5.97. The van der Waals surface area contributed by atoms with E-state index in [9.17, 15) is 0 Å². The topological polar surface area (TPSA) is 14.1 Å². The van der Waals surface area contributed by atoms with Crippen LogP contribution in [0.4, 0.5) is 0 Å². The lowest BCUT2D eigenvalue weighted by atomic mass is 10.0. The van der Waals surface area contributed by atoms with Crippen molar-refractivity contribution in [2.45, 2.75) is 12.8 Å². The molecular weight excluding hydrogens is 130 g/mol. The molecule has 54 valence electrons. The van der Waals surface area contributed by atoms with Crippen LogP contribution in [-0.2, 0) is 0 Å². The van der Waals surface area contributed by atoms with E-state index in [4.69, 9.17) is 0 Å². The van der Waals surface area contributed by atoms with Gasteiger partial charge in [0.1, 0.15) is 0 Å². The smallest absolute Gasteiger partial charge is 0.00655 e. The van der Waals surface area contributed by atoms with Crippen LogP contribution in [0, 0.1) is 5.92 Å². The van der Waals surface area contributed by atoms with Gasteiger partial charge >= 0.3 is 0 Å². The molecule has 0 aliphatic carbocycles. The largest absolute Gasteiger partial charge is 0.665 e. The summed E-state index contributed by atoms with van der Waals surface area (Å²) in [5.74, 6) is 3.64. The summed E-state index contributed by atoms with van der Waals surface area (Å²) >= 11 is 2.08. The maximum atomic E-state index is 4.15. The molecule has 1 saturated heterocycles. The molecule has 0 aromatic carbocycles. The van der Waals surface area contributed by atoms with Crippen LogP contribution in [-0.4, -0.2) is 25.1 Å². The molecule has 0 unspecified atom stereocenters. The molecule has 0 aromatic heterocycles. The minimum atomic E-state index is 0.913. The fourth-order valence-electron chi connectivity index (χ4n) is 1.19. The first-order valence-corrected chi connectivity index (χ1v) is 4.72. The summed E-state index contributed by atoms with van der Waals surface area (Å²) in [5.41, 5.74) is 0. The van der Waals surface area contributed by atoms with E-state index in [0.29, 0.717) is 0 Å². The third-order valence-electron chi connectivity index (χ3n) is 1.78. The average molecular weight is 144 g/mol. The van der Waals surface area contributed by atoms with Crippen molar-refractivity contribution in [3.8, 4) is 0 Å². The first kappa shape index (κ1) is 7.42. The zero-order chi connectivity index (χ0) is 6.53. The maximum Gasteiger partial charge on any atom is -0.00655 e. The quantitative estimate of drug-likeness (QED) is 0.579. The average Bonchev–Trinajstić information content (AvgIpc) is 1.91. The van der Waals surface area contributed by atoms with Crippen molar-refractivity contribution >= 4 is 11.8 Å². The van der Waals surface area contributed by atoms with Crippen molar-refractivity contribution in [2.24, 2.45) is 5.92 Å². The van der Waals surface area contributed by atoms with E-state index in [2.05, 4.69) is 17.1 Å². The Labute approximate surface area is 61.6 Å². The number of thioether (sulfide) groups is 1. The molecule has 2 heteroatoms. The molecule has 1 heterocycles. The van der Waals surface area contributed by atoms with Gasteiger partial charge in [-0.15, -0.1) is 6.54 Å². The molecule has 0 bridgehead atoms. The summed E-state index contributed by atoms with van der Waals surface area (Å²) in [6.07, 6.45) is 2.78. The standard InChI is InChI=1S/C7H14NS/c1-8-6-7-2-4-9-5-3-7/h7H,2-6H2,1H3/q-1. The van der Waals surface area contributed by atoms with Gasteiger partial charge in [-0.1, -0.05) is 5.92 Å². The van der Waals surface area contributed by atoms with Crippen LogP contribution >= 0.6 is 11.8 Å². The highest BCUT2D eigenvalue weighted by Gasteiger charge is 2.08. The van der Waals surface area contributed by atoms with E-state index in [1.807, 2.05) is 7.05 Å². The van der Waals surface area contributed by atoms with Gasteiger partial charge in [-0.3, -0.25) is 0 Å². The molecule has 0 saturated carbocycles. The molecule has 0 spiro atoms. The van der Waals surface area contributed by atoms with Gasteiger partial charge in [0.15, 0.2) is 0 Å². The van der Waals surface area contributed by atoms with Gasteiger partial charge in [-0.2, -0.15) is 18.8 Å². The van der Waals surface area contributed by atoms with Crippen LogP contribution in [0.5, 0.6) is 0 Å². The van der Waals surface area contributed by atoms with Crippen molar-refractivity contribution in [3.63, 3.8) is 0 Å². The van der Waals surface area contributed by atoms with Crippen molar-refractivity contribution in [1.29, 1.82) is 0 Å². The van der Waals surface area contributed by atoms with Crippen LogP contribution in [0.3, 0.4) is 0 Å². The van der Waals surface area contributed by atoms with Crippen molar-refractivity contribution in [3.05, 3.63) is 5.32 Å². The molecule has 1 rings (SSSR count). The molecule has 1 nitrogen and oxygen atoms in total. The summed E-state index contributed by atoms with van der Waals surface area (Å²) in [7, 11) is 1.92.